The highest BCUT2D eigenvalue weighted by atomic mass is 35.5. The van der Waals surface area contributed by atoms with Crippen molar-refractivity contribution in [1.82, 2.24) is 4.09 Å². The number of pyridine rings is 1. The molecule has 3 aromatic rings. The summed E-state index contributed by atoms with van der Waals surface area (Å²) in [4.78, 5) is 12.1. The first-order chi connectivity index (χ1) is 8.77. The number of nitrogens with zero attached hydrogens (tertiary/aromatic N) is 1. The molecule has 0 amide bonds. The Morgan fingerprint density at radius 1 is 0.889 bits per heavy atom. The molecule has 2 aromatic carbocycles. The minimum absolute atomic E-state index is 0.0126. The van der Waals surface area contributed by atoms with Gasteiger partial charge >= 0.3 is 0 Å². The molecule has 0 bridgehead atoms. The lowest BCUT2D eigenvalue weighted by molar-refractivity contribution is 1.27. The van der Waals surface area contributed by atoms with Crippen molar-refractivity contribution in [3.8, 4) is 11.3 Å². The maximum atomic E-state index is 12.1. The molecule has 0 aliphatic heterocycles. The molecule has 0 N–H and O–H groups in total. The Morgan fingerprint density at radius 2 is 1.56 bits per heavy atom. The van der Waals surface area contributed by atoms with Gasteiger partial charge in [-0.15, -0.1) is 0 Å². The number of benzene rings is 2. The molecule has 3 heteroatoms. The summed E-state index contributed by atoms with van der Waals surface area (Å²) in [5.74, 6) is 0. The molecule has 1 aromatic heterocycles. The predicted molar refractivity (Wildman–Crippen MR) is 74.9 cm³/mol. The zero-order valence-electron chi connectivity index (χ0n) is 9.51. The van der Waals surface area contributed by atoms with Gasteiger partial charge in [-0.1, -0.05) is 42.5 Å². The standard InChI is InChI=1S/C15H10ClNO/c16-17-13-9-5-4-8-12(13)15(18)10-14(17)11-6-2-1-3-7-11/h1-10H. The Hall–Kier alpha value is -2.06. The monoisotopic (exact) mass is 255 g/mol. The van der Waals surface area contributed by atoms with Crippen LogP contribution in [0.3, 0.4) is 0 Å². The van der Waals surface area contributed by atoms with Crippen molar-refractivity contribution in [3.05, 3.63) is 70.9 Å². The third-order valence-corrected chi connectivity index (χ3v) is 3.29. The average molecular weight is 256 g/mol. The Kier molecular flexibility index (Phi) is 2.65. The molecule has 0 fully saturated rings. The van der Waals surface area contributed by atoms with Gasteiger partial charge in [-0.05, 0) is 17.7 Å². The quantitative estimate of drug-likeness (QED) is 0.650. The third-order valence-electron chi connectivity index (χ3n) is 2.93. The highest BCUT2D eigenvalue weighted by Gasteiger charge is 2.08. The lowest BCUT2D eigenvalue weighted by Crippen LogP contribution is -2.06. The molecule has 3 rings (SSSR count). The molecular formula is C15H10ClNO. The molecule has 88 valence electrons. The minimum atomic E-state index is -0.0126. The van der Waals surface area contributed by atoms with Gasteiger partial charge in [-0.3, -0.25) is 8.88 Å². The van der Waals surface area contributed by atoms with E-state index in [-0.39, 0.29) is 5.43 Å². The Morgan fingerprint density at radius 3 is 2.33 bits per heavy atom. The maximum Gasteiger partial charge on any atom is 0.190 e. The van der Waals surface area contributed by atoms with Crippen molar-refractivity contribution in [2.45, 2.75) is 0 Å². The van der Waals surface area contributed by atoms with Crippen molar-refractivity contribution >= 4 is 22.7 Å². The molecule has 2 nitrogen and oxygen atoms in total. The fraction of sp³-hybridized carbons (Fsp3) is 0. The molecule has 0 saturated carbocycles. The summed E-state index contributed by atoms with van der Waals surface area (Å²) in [5, 5.41) is 0.632. The molecule has 1 heterocycles. The van der Waals surface area contributed by atoms with Gasteiger partial charge in [-0.25, -0.2) is 0 Å². The van der Waals surface area contributed by atoms with Gasteiger partial charge in [0, 0.05) is 23.2 Å². The van der Waals surface area contributed by atoms with E-state index < -0.39 is 0 Å². The number of fused-ring (bicyclic) bond motifs is 1. The second kappa shape index (κ2) is 4.31. The Bertz CT molecular complexity index is 762. The SMILES string of the molecule is O=c1cc(-c2ccccc2)n(Cl)c2ccccc12. The number of rotatable bonds is 1. The molecular weight excluding hydrogens is 246 g/mol. The summed E-state index contributed by atoms with van der Waals surface area (Å²) in [6.45, 7) is 0. The van der Waals surface area contributed by atoms with Crippen LogP contribution >= 0.6 is 11.8 Å². The van der Waals surface area contributed by atoms with Crippen LogP contribution in [0.2, 0.25) is 0 Å². The van der Waals surface area contributed by atoms with Crippen LogP contribution in [0.4, 0.5) is 0 Å². The van der Waals surface area contributed by atoms with Crippen LogP contribution in [0.1, 0.15) is 0 Å². The van der Waals surface area contributed by atoms with E-state index in [1.807, 2.05) is 48.5 Å². The fourth-order valence-corrected chi connectivity index (χ4v) is 2.34. The van der Waals surface area contributed by atoms with E-state index >= 15 is 0 Å². The summed E-state index contributed by atoms with van der Waals surface area (Å²) in [6, 6.07) is 18.5. The summed E-state index contributed by atoms with van der Waals surface area (Å²) >= 11 is 6.33. The van der Waals surface area contributed by atoms with Crippen LogP contribution < -0.4 is 5.43 Å². The first-order valence-electron chi connectivity index (χ1n) is 5.64. The highest BCUT2D eigenvalue weighted by Crippen LogP contribution is 2.23. The van der Waals surface area contributed by atoms with Crippen LogP contribution in [-0.4, -0.2) is 4.09 Å². The highest BCUT2D eigenvalue weighted by molar-refractivity contribution is 6.20. The van der Waals surface area contributed by atoms with Gasteiger partial charge in [0.1, 0.15) is 0 Å². The number of aromatic nitrogens is 1. The van der Waals surface area contributed by atoms with Crippen molar-refractivity contribution in [1.29, 1.82) is 0 Å². The summed E-state index contributed by atoms with van der Waals surface area (Å²) < 4.78 is 1.53. The van der Waals surface area contributed by atoms with E-state index in [0.29, 0.717) is 11.1 Å². The molecule has 0 aliphatic rings. The average Bonchev–Trinajstić information content (AvgIpc) is 2.44. The van der Waals surface area contributed by atoms with Crippen molar-refractivity contribution in [2.24, 2.45) is 0 Å². The van der Waals surface area contributed by atoms with Gasteiger partial charge < -0.3 is 0 Å². The molecule has 0 radical (unpaired) electrons. The molecule has 0 atom stereocenters. The van der Waals surface area contributed by atoms with E-state index in [9.17, 15) is 4.79 Å². The van der Waals surface area contributed by atoms with E-state index in [4.69, 9.17) is 11.8 Å². The first-order valence-corrected chi connectivity index (χ1v) is 5.97. The van der Waals surface area contributed by atoms with Crippen molar-refractivity contribution < 1.29 is 0 Å². The van der Waals surface area contributed by atoms with E-state index in [2.05, 4.69) is 0 Å². The van der Waals surface area contributed by atoms with E-state index in [1.165, 1.54) is 4.09 Å². The van der Waals surface area contributed by atoms with Gasteiger partial charge in [0.25, 0.3) is 0 Å². The van der Waals surface area contributed by atoms with Crippen LogP contribution in [0.25, 0.3) is 22.2 Å². The number of para-hydroxylation sites is 1. The first kappa shape index (κ1) is 11.1. The van der Waals surface area contributed by atoms with Crippen LogP contribution in [0.15, 0.2) is 65.5 Å². The predicted octanol–water partition coefficient (Wildman–Crippen LogP) is 3.67. The Balaban J connectivity index is 2.39. The second-order valence-electron chi connectivity index (χ2n) is 4.06. The smallest absolute Gasteiger partial charge is 0.190 e. The van der Waals surface area contributed by atoms with Gasteiger partial charge in [-0.2, -0.15) is 0 Å². The fourth-order valence-electron chi connectivity index (χ4n) is 2.05. The topological polar surface area (TPSA) is 22.0 Å². The van der Waals surface area contributed by atoms with Crippen LogP contribution in [-0.2, 0) is 0 Å². The van der Waals surface area contributed by atoms with E-state index in [1.54, 1.807) is 12.1 Å². The summed E-state index contributed by atoms with van der Waals surface area (Å²) in [6.07, 6.45) is 0. The van der Waals surface area contributed by atoms with Crippen molar-refractivity contribution in [3.63, 3.8) is 0 Å². The zero-order valence-corrected chi connectivity index (χ0v) is 10.3. The van der Waals surface area contributed by atoms with Gasteiger partial charge in [0.05, 0.1) is 11.2 Å². The molecule has 0 aliphatic carbocycles. The largest absolute Gasteiger partial charge is 0.289 e. The second-order valence-corrected chi connectivity index (χ2v) is 4.40. The molecule has 0 spiro atoms. The Labute approximate surface area is 109 Å². The number of halogens is 1. The third kappa shape index (κ3) is 1.71. The molecule has 0 unspecified atom stereocenters. The number of hydrogen-bond donors (Lipinski definition) is 0. The van der Waals surface area contributed by atoms with Crippen LogP contribution in [0, 0.1) is 0 Å². The summed E-state index contributed by atoms with van der Waals surface area (Å²) in [5.41, 5.74) is 2.35. The van der Waals surface area contributed by atoms with Crippen molar-refractivity contribution in [2.75, 3.05) is 0 Å². The number of hydrogen-bond acceptors (Lipinski definition) is 1. The molecule has 18 heavy (non-hydrogen) atoms. The van der Waals surface area contributed by atoms with Crippen LogP contribution in [0.5, 0.6) is 0 Å². The lowest BCUT2D eigenvalue weighted by Gasteiger charge is -2.09. The lowest BCUT2D eigenvalue weighted by atomic mass is 10.1. The minimum Gasteiger partial charge on any atom is -0.289 e. The zero-order chi connectivity index (χ0) is 12.5. The summed E-state index contributed by atoms with van der Waals surface area (Å²) in [7, 11) is 0. The van der Waals surface area contributed by atoms with Gasteiger partial charge in [0.15, 0.2) is 5.43 Å². The maximum absolute atomic E-state index is 12.1. The van der Waals surface area contributed by atoms with Gasteiger partial charge in [0.2, 0.25) is 0 Å². The normalized spacial score (nSPS) is 10.7. The molecule has 0 saturated heterocycles. The van der Waals surface area contributed by atoms with E-state index in [0.717, 1.165) is 11.1 Å².